The van der Waals surface area contributed by atoms with Crippen molar-refractivity contribution in [1.29, 1.82) is 0 Å². The van der Waals surface area contributed by atoms with Crippen LogP contribution in [0.4, 0.5) is 5.69 Å². The molecule has 0 aromatic heterocycles. The van der Waals surface area contributed by atoms with Gasteiger partial charge in [-0.3, -0.25) is 9.59 Å². The van der Waals surface area contributed by atoms with Gasteiger partial charge in [-0.25, -0.2) is 8.42 Å². The van der Waals surface area contributed by atoms with E-state index in [1.54, 1.807) is 42.5 Å². The number of sulfonamides is 1. The third-order valence-corrected chi connectivity index (χ3v) is 14.1. The summed E-state index contributed by atoms with van der Waals surface area (Å²) in [6, 6.07) is 15.7. The molecule has 0 spiro atoms. The van der Waals surface area contributed by atoms with Crippen molar-refractivity contribution in [3.8, 4) is 23.0 Å². The zero-order valence-electron chi connectivity index (χ0n) is 38.5. The third-order valence-electron chi connectivity index (χ3n) is 12.2. The number of oxime groups is 1. The van der Waals surface area contributed by atoms with E-state index in [1.165, 1.54) is 30.5 Å². The smallest absolute Gasteiger partial charge is 0.243 e. The minimum absolute atomic E-state index is 0.0187. The molecular formula is C50H65N3O11S. The normalized spacial score (nSPS) is 23.1. The van der Waals surface area contributed by atoms with Gasteiger partial charge in [0, 0.05) is 50.3 Å². The molecule has 1 saturated carbocycles. The zero-order valence-corrected chi connectivity index (χ0v) is 39.3. The van der Waals surface area contributed by atoms with Crippen LogP contribution in [0.3, 0.4) is 0 Å². The number of anilines is 1. The summed E-state index contributed by atoms with van der Waals surface area (Å²) < 4.78 is 58.1. The summed E-state index contributed by atoms with van der Waals surface area (Å²) in [5.74, 6) is -1.16. The molecule has 3 aromatic rings. The first kappa shape index (κ1) is 49.4. The van der Waals surface area contributed by atoms with Crippen LogP contribution in [0.1, 0.15) is 108 Å². The number of nitrogens with one attached hydrogen (secondary N) is 1. The van der Waals surface area contributed by atoms with Crippen LogP contribution in [0, 0.1) is 17.8 Å². The van der Waals surface area contributed by atoms with E-state index >= 15 is 8.42 Å². The van der Waals surface area contributed by atoms with Gasteiger partial charge in [0.05, 0.1) is 41.8 Å². The summed E-state index contributed by atoms with van der Waals surface area (Å²) in [7, 11) is -2.79. The lowest BCUT2D eigenvalue weighted by atomic mass is 9.55. The molecule has 352 valence electrons. The number of aliphatic hydroxyl groups is 2. The number of benzene rings is 3. The molecule has 15 heteroatoms. The predicted octanol–water partition coefficient (Wildman–Crippen LogP) is 8.79. The van der Waals surface area contributed by atoms with Crippen LogP contribution in [0.25, 0.3) is 0 Å². The molecule has 2 aliphatic carbocycles. The van der Waals surface area contributed by atoms with Crippen LogP contribution in [0.2, 0.25) is 0 Å². The van der Waals surface area contributed by atoms with Crippen LogP contribution < -0.4 is 19.5 Å². The molecule has 6 rings (SSSR count). The number of hydrogen-bond acceptors (Lipinski definition) is 12. The van der Waals surface area contributed by atoms with Crippen molar-refractivity contribution in [2.24, 2.45) is 22.9 Å². The molecule has 0 saturated heterocycles. The molecule has 6 atom stereocenters. The van der Waals surface area contributed by atoms with Crippen LogP contribution in [-0.4, -0.2) is 91.7 Å². The van der Waals surface area contributed by atoms with Crippen LogP contribution in [-0.2, 0) is 24.4 Å². The van der Waals surface area contributed by atoms with Crippen molar-refractivity contribution in [3.05, 3.63) is 96.1 Å². The molecule has 65 heavy (non-hydrogen) atoms. The van der Waals surface area contributed by atoms with Gasteiger partial charge in [-0.05, 0) is 131 Å². The number of nitrogens with zero attached hydrogens (tertiary/aromatic N) is 2. The lowest BCUT2D eigenvalue weighted by Crippen LogP contribution is -2.70. The average molecular weight is 916 g/mol. The Morgan fingerprint density at radius 3 is 2.34 bits per heavy atom. The number of ether oxygens (including phenoxy) is 4. The van der Waals surface area contributed by atoms with E-state index in [1.807, 2.05) is 39.8 Å². The standard InChI is InChI=1S/C50H65N3O11S/c1-8-24-53(65(58,59)39-20-16-36(17-21-39)51-33(3)57)46-31-43(52-64-49(4,5)6)41-29-34(14-10-12-25-54)40(15-11-13-26-55)47-42-30-38(62-37-18-22-44(60-7)35(28-37)32-56)19-23-45(42)63-50(46,48(41)47)61-27-9-2/h9,16-23,28-30,32,34,40,46-48,54-55H,2,8,10-15,24-27,31H2,1,3-7H3,(H,51,57). The van der Waals surface area contributed by atoms with Crippen molar-refractivity contribution in [2.45, 2.75) is 114 Å². The third kappa shape index (κ3) is 11.0. The van der Waals surface area contributed by atoms with E-state index < -0.39 is 33.4 Å². The first-order valence-corrected chi connectivity index (χ1v) is 24.1. The Bertz CT molecular complexity index is 2320. The second kappa shape index (κ2) is 21.5. The topological polar surface area (TPSA) is 183 Å². The van der Waals surface area contributed by atoms with Gasteiger partial charge < -0.3 is 39.3 Å². The minimum Gasteiger partial charge on any atom is -0.496 e. The number of methoxy groups -OCH3 is 1. The number of allylic oxidation sites excluding steroid dienone is 1. The highest BCUT2D eigenvalue weighted by molar-refractivity contribution is 7.89. The molecule has 0 bridgehead atoms. The molecule has 3 aliphatic rings. The highest BCUT2D eigenvalue weighted by Gasteiger charge is 2.66. The van der Waals surface area contributed by atoms with Gasteiger partial charge in [-0.1, -0.05) is 37.1 Å². The number of amides is 1. The van der Waals surface area contributed by atoms with Gasteiger partial charge in [0.25, 0.3) is 0 Å². The molecule has 1 amide bonds. The minimum atomic E-state index is -4.28. The number of carbonyl (C=O) groups is 2. The SMILES string of the molecule is C=CCOC12Oc3ccc(Oc4ccc(OC)c(C=O)c4)cc3C3C(CCCCO)C(CCCCO)C=C(C(=NOC(C)(C)C)CC1N(CCC)S(=O)(=O)c1ccc(NC(C)=O)cc1)C32. The fraction of sp³-hybridized carbons (Fsp3) is 0.500. The Balaban J connectivity index is 1.62. The quantitative estimate of drug-likeness (QED) is 0.0379. The first-order valence-electron chi connectivity index (χ1n) is 22.6. The van der Waals surface area contributed by atoms with Crippen molar-refractivity contribution >= 4 is 33.6 Å². The van der Waals surface area contributed by atoms with E-state index in [9.17, 15) is 19.8 Å². The number of aldehydes is 1. The van der Waals surface area contributed by atoms with Crippen molar-refractivity contribution in [2.75, 3.05) is 38.8 Å². The molecule has 1 fully saturated rings. The monoisotopic (exact) mass is 915 g/mol. The molecule has 1 aliphatic heterocycles. The summed E-state index contributed by atoms with van der Waals surface area (Å²) in [6.07, 6.45) is 9.30. The molecule has 14 nitrogen and oxygen atoms in total. The summed E-state index contributed by atoms with van der Waals surface area (Å²) in [4.78, 5) is 30.1. The van der Waals surface area contributed by atoms with Crippen molar-refractivity contribution in [1.82, 2.24) is 4.31 Å². The van der Waals surface area contributed by atoms with Crippen LogP contribution >= 0.6 is 0 Å². The van der Waals surface area contributed by atoms with E-state index in [-0.39, 0.29) is 61.3 Å². The number of fused-ring (bicyclic) bond motifs is 2. The number of unbranched alkanes of at least 4 members (excludes halogenated alkanes) is 2. The van der Waals surface area contributed by atoms with E-state index in [2.05, 4.69) is 18.0 Å². The van der Waals surface area contributed by atoms with E-state index in [0.29, 0.717) is 71.9 Å². The van der Waals surface area contributed by atoms with Gasteiger partial charge in [-0.2, -0.15) is 4.31 Å². The lowest BCUT2D eigenvalue weighted by Gasteiger charge is -2.59. The Kier molecular flexibility index (Phi) is 16.3. The Hall–Kier alpha value is -5.06. The van der Waals surface area contributed by atoms with E-state index in [4.69, 9.17) is 28.9 Å². The van der Waals surface area contributed by atoms with Crippen LogP contribution in [0.5, 0.6) is 23.0 Å². The lowest BCUT2D eigenvalue weighted by molar-refractivity contribution is -0.251. The molecular weight excluding hydrogens is 851 g/mol. The maximum atomic E-state index is 15.2. The molecule has 0 radical (unpaired) electrons. The van der Waals surface area contributed by atoms with Crippen LogP contribution in [0.15, 0.2) is 95.0 Å². The Morgan fingerprint density at radius 2 is 1.71 bits per heavy atom. The second-order valence-corrected chi connectivity index (χ2v) is 19.8. The molecule has 6 unspecified atom stereocenters. The number of rotatable bonds is 22. The molecule has 3 N–H and O–H groups in total. The highest BCUT2D eigenvalue weighted by atomic mass is 32.2. The number of hydrogen-bond donors (Lipinski definition) is 3. The number of carbonyl (C=O) groups excluding carboxylic acids is 2. The van der Waals surface area contributed by atoms with Gasteiger partial charge in [0.15, 0.2) is 6.29 Å². The molecule has 3 aromatic carbocycles. The predicted molar refractivity (Wildman–Crippen MR) is 249 cm³/mol. The average Bonchev–Trinajstić information content (AvgIpc) is 3.27. The zero-order chi connectivity index (χ0) is 46.9. The van der Waals surface area contributed by atoms with E-state index in [0.717, 1.165) is 30.4 Å². The largest absolute Gasteiger partial charge is 0.496 e. The molecule has 1 heterocycles. The summed E-state index contributed by atoms with van der Waals surface area (Å²) in [5, 5.41) is 27.5. The fourth-order valence-corrected chi connectivity index (χ4v) is 11.3. The van der Waals surface area contributed by atoms with Gasteiger partial charge in [0.2, 0.25) is 21.7 Å². The van der Waals surface area contributed by atoms with Gasteiger partial charge >= 0.3 is 0 Å². The number of aliphatic hydroxyl groups excluding tert-OH is 2. The Labute approximate surface area is 383 Å². The summed E-state index contributed by atoms with van der Waals surface area (Å²) >= 11 is 0. The fourth-order valence-electron chi connectivity index (χ4n) is 9.60. The van der Waals surface area contributed by atoms with Crippen molar-refractivity contribution in [3.63, 3.8) is 0 Å². The maximum Gasteiger partial charge on any atom is 0.243 e. The van der Waals surface area contributed by atoms with Gasteiger partial charge in [-0.15, -0.1) is 6.58 Å². The van der Waals surface area contributed by atoms with Crippen molar-refractivity contribution < 1.29 is 52.0 Å². The summed E-state index contributed by atoms with van der Waals surface area (Å²) in [5.41, 5.74) is 2.36. The first-order chi connectivity index (χ1) is 31.1. The second-order valence-electron chi connectivity index (χ2n) is 17.9. The summed E-state index contributed by atoms with van der Waals surface area (Å²) in [6.45, 7) is 13.3. The Morgan fingerprint density at radius 1 is 1.02 bits per heavy atom. The highest BCUT2D eigenvalue weighted by Crippen LogP contribution is 2.62. The van der Waals surface area contributed by atoms with Gasteiger partial charge in [0.1, 0.15) is 28.6 Å². The maximum absolute atomic E-state index is 15.2.